The molecule has 0 aromatic rings. The van der Waals surface area contributed by atoms with Crippen molar-refractivity contribution in [1.82, 2.24) is 0 Å². The number of hydrogen-bond acceptors (Lipinski definition) is 1. The van der Waals surface area contributed by atoms with Gasteiger partial charge in [0.15, 0.2) is 0 Å². The standard InChI is InChI=1S/CH4O.2ClH.2Sn.4H/c1-2;;;;;;;;/h2H,1H3;2*1H;;;;;;. The van der Waals surface area contributed by atoms with E-state index >= 15 is 0 Å². The Labute approximate surface area is 84.0 Å². The van der Waals surface area contributed by atoms with Crippen molar-refractivity contribution < 1.29 is 5.11 Å². The Morgan fingerprint density at radius 3 is 0.833 bits per heavy atom. The van der Waals surface area contributed by atoms with Crippen LogP contribution in [0, 0.1) is 0 Å². The minimum atomic E-state index is 0. The minimum absolute atomic E-state index is 0. The van der Waals surface area contributed by atoms with Crippen molar-refractivity contribution in [3.8, 4) is 0 Å². The number of hydrogen-bond donors (Lipinski definition) is 1. The number of halogens is 2. The molecule has 0 bridgehead atoms. The van der Waals surface area contributed by atoms with Crippen LogP contribution in [0.5, 0.6) is 0 Å². The third-order valence-corrected chi connectivity index (χ3v) is 0. The van der Waals surface area contributed by atoms with Crippen molar-refractivity contribution in [1.29, 1.82) is 0 Å². The van der Waals surface area contributed by atoms with Crippen LogP contribution < -0.4 is 0 Å². The summed E-state index contributed by atoms with van der Waals surface area (Å²) < 4.78 is 0. The van der Waals surface area contributed by atoms with Gasteiger partial charge in [-0.05, 0) is 0 Å². The molecule has 0 spiro atoms. The van der Waals surface area contributed by atoms with E-state index in [2.05, 4.69) is 0 Å². The molecule has 0 atom stereocenters. The van der Waals surface area contributed by atoms with Gasteiger partial charge in [0.25, 0.3) is 0 Å². The van der Waals surface area contributed by atoms with E-state index in [1.165, 1.54) is 0 Å². The Balaban J connectivity index is -0.000000000833. The Morgan fingerprint density at radius 1 is 0.833 bits per heavy atom. The Morgan fingerprint density at radius 2 is 0.833 bits per heavy atom. The molecule has 0 fully saturated rings. The average molecular weight is 346 g/mol. The second-order valence-corrected chi connectivity index (χ2v) is 0. The number of aliphatic hydroxyl groups excluding tert-OH is 1. The molecule has 0 aliphatic carbocycles. The van der Waals surface area contributed by atoms with E-state index in [4.69, 9.17) is 5.11 Å². The van der Waals surface area contributed by atoms with E-state index in [-0.39, 0.29) is 72.6 Å². The molecule has 4 radical (unpaired) electrons. The molecule has 42 valence electrons. The third-order valence-electron chi connectivity index (χ3n) is 0. The van der Waals surface area contributed by atoms with Crippen LogP contribution >= 0.6 is 24.8 Å². The van der Waals surface area contributed by atoms with Crippen LogP contribution in [0.1, 0.15) is 0 Å². The van der Waals surface area contributed by atoms with Crippen LogP contribution in [0.3, 0.4) is 0 Å². The molecular weight excluding hydrogens is 336 g/mol. The summed E-state index contributed by atoms with van der Waals surface area (Å²) in [6.07, 6.45) is 0. The summed E-state index contributed by atoms with van der Waals surface area (Å²) in [5.41, 5.74) is 0. The van der Waals surface area contributed by atoms with Gasteiger partial charge < -0.3 is 5.11 Å². The Kier molecular flexibility index (Phi) is 413. The Bertz CT molecular complexity index is 11.5. The molecule has 5 heteroatoms. The van der Waals surface area contributed by atoms with Crippen LogP contribution in [-0.4, -0.2) is 60.0 Å². The summed E-state index contributed by atoms with van der Waals surface area (Å²) in [6.45, 7) is 0. The van der Waals surface area contributed by atoms with Gasteiger partial charge in [-0.25, -0.2) is 0 Å². The second-order valence-electron chi connectivity index (χ2n) is 0. The van der Waals surface area contributed by atoms with Crippen molar-refractivity contribution in [2.24, 2.45) is 0 Å². The maximum absolute atomic E-state index is 7.00. The summed E-state index contributed by atoms with van der Waals surface area (Å²) >= 11 is 0. The molecule has 0 saturated carbocycles. The summed E-state index contributed by atoms with van der Waals surface area (Å²) in [5.74, 6) is 0. The quantitative estimate of drug-likeness (QED) is 0.536. The van der Waals surface area contributed by atoms with Gasteiger partial charge in [0.05, 0.1) is 0 Å². The normalized spacial score (nSPS) is 1.00. The topological polar surface area (TPSA) is 20.2 Å². The molecule has 0 aromatic carbocycles. The van der Waals surface area contributed by atoms with Gasteiger partial charge >= 0.3 is 47.8 Å². The third kappa shape index (κ3) is 35.5. The molecule has 0 amide bonds. The predicted octanol–water partition coefficient (Wildman–Crippen LogP) is -1.38. The van der Waals surface area contributed by atoms with Gasteiger partial charge in [-0.15, -0.1) is 24.8 Å². The first-order valence-electron chi connectivity index (χ1n) is 0.447. The predicted molar refractivity (Wildman–Crippen MR) is 39.7 cm³/mol. The van der Waals surface area contributed by atoms with Crippen LogP contribution in [-0.2, 0) is 0 Å². The monoisotopic (exact) mass is 348 g/mol. The molecule has 1 N–H and O–H groups in total. The maximum atomic E-state index is 7.00. The molecule has 0 rings (SSSR count). The molecule has 0 unspecified atom stereocenters. The van der Waals surface area contributed by atoms with Crippen molar-refractivity contribution >= 4 is 72.6 Å². The van der Waals surface area contributed by atoms with E-state index in [0.717, 1.165) is 7.11 Å². The van der Waals surface area contributed by atoms with Gasteiger partial charge in [0, 0.05) is 7.11 Å². The number of rotatable bonds is 0. The molecule has 0 saturated heterocycles. The Hall–Kier alpha value is 2.14. The van der Waals surface area contributed by atoms with Crippen molar-refractivity contribution in [3.63, 3.8) is 0 Å². The summed E-state index contributed by atoms with van der Waals surface area (Å²) in [7, 11) is 1.00. The van der Waals surface area contributed by atoms with Gasteiger partial charge in [-0.3, -0.25) is 0 Å². The fraction of sp³-hybridized carbons (Fsp3) is 1.00. The van der Waals surface area contributed by atoms with Gasteiger partial charge in [0.1, 0.15) is 0 Å². The van der Waals surface area contributed by atoms with E-state index in [1.54, 1.807) is 0 Å². The molecule has 6 heavy (non-hydrogen) atoms. The van der Waals surface area contributed by atoms with E-state index in [1.807, 2.05) is 0 Å². The molecule has 0 aromatic heterocycles. The van der Waals surface area contributed by atoms with Crippen molar-refractivity contribution in [3.05, 3.63) is 0 Å². The zero-order valence-corrected chi connectivity index (χ0v) is 13.4. The zero-order chi connectivity index (χ0) is 2.00. The molecule has 0 aliphatic heterocycles. The van der Waals surface area contributed by atoms with E-state index in [0.29, 0.717) is 0 Å². The first kappa shape index (κ1) is 42.1. The van der Waals surface area contributed by atoms with Gasteiger partial charge in [-0.2, -0.15) is 0 Å². The van der Waals surface area contributed by atoms with Crippen LogP contribution in [0.2, 0.25) is 0 Å². The van der Waals surface area contributed by atoms with Gasteiger partial charge in [-0.1, -0.05) is 0 Å². The van der Waals surface area contributed by atoms with Crippen LogP contribution in [0.15, 0.2) is 0 Å². The summed E-state index contributed by atoms with van der Waals surface area (Å²) in [6, 6.07) is 0. The summed E-state index contributed by atoms with van der Waals surface area (Å²) in [5, 5.41) is 7.00. The fourth-order valence-corrected chi connectivity index (χ4v) is 0. The first-order chi connectivity index (χ1) is 1.00. The molecule has 0 heterocycles. The van der Waals surface area contributed by atoms with E-state index < -0.39 is 0 Å². The van der Waals surface area contributed by atoms with Crippen LogP contribution in [0.25, 0.3) is 0 Å². The SMILES string of the molecule is CO.Cl.Cl.[SnH2].[SnH2]. The van der Waals surface area contributed by atoms with Crippen LogP contribution in [0.4, 0.5) is 0 Å². The van der Waals surface area contributed by atoms with Crippen molar-refractivity contribution in [2.45, 2.75) is 0 Å². The molecular formula is CH10Cl2OSn2. The number of aliphatic hydroxyl groups is 1. The van der Waals surface area contributed by atoms with Gasteiger partial charge in [0.2, 0.25) is 0 Å². The average Bonchev–Trinajstić information content (AvgIpc) is 1.00. The fourth-order valence-electron chi connectivity index (χ4n) is 0. The van der Waals surface area contributed by atoms with E-state index in [9.17, 15) is 0 Å². The summed E-state index contributed by atoms with van der Waals surface area (Å²) in [4.78, 5) is 0. The first-order valence-corrected chi connectivity index (χ1v) is 0.447. The zero-order valence-electron chi connectivity index (χ0n) is 3.68. The molecule has 0 aliphatic rings. The molecule has 1 nitrogen and oxygen atoms in total. The van der Waals surface area contributed by atoms with Crippen molar-refractivity contribution in [2.75, 3.05) is 7.11 Å². The second kappa shape index (κ2) is 58.8.